The van der Waals surface area contributed by atoms with Crippen LogP contribution in [0, 0.1) is 0 Å². The second-order valence-electron chi connectivity index (χ2n) is 9.14. The molecule has 2 heterocycles. The minimum absolute atomic E-state index is 0.348. The number of ether oxygens (including phenoxy) is 1. The molecule has 1 N–H and O–H groups in total. The maximum absolute atomic E-state index is 12.1. The van der Waals surface area contributed by atoms with Gasteiger partial charge in [0.2, 0.25) is 0 Å². The van der Waals surface area contributed by atoms with Crippen LogP contribution in [0.4, 0.5) is 5.88 Å². The number of rotatable bonds is 6. The first kappa shape index (κ1) is 21.5. The van der Waals surface area contributed by atoms with E-state index in [2.05, 4.69) is 34.1 Å². The topological polar surface area (TPSA) is 69.3 Å². The number of nitrogens with one attached hydrogen (secondary N) is 1. The van der Waals surface area contributed by atoms with Crippen LogP contribution in [0.2, 0.25) is 0 Å². The Morgan fingerprint density at radius 1 is 1.06 bits per heavy atom. The predicted molar refractivity (Wildman–Crippen MR) is 138 cm³/mol. The maximum atomic E-state index is 12.1. The number of fused-ring (bicyclic) bond motifs is 2. The Labute approximate surface area is 203 Å². The monoisotopic (exact) mass is 465 g/mol. The zero-order valence-electron chi connectivity index (χ0n) is 19.7. The Morgan fingerprint density at radius 3 is 2.69 bits per heavy atom. The lowest BCUT2D eigenvalue weighted by Crippen LogP contribution is -2.07. The molecule has 0 unspecified atom stereocenters. The number of carbonyl (C=O) groups excluding carboxylic acids is 1. The van der Waals surface area contributed by atoms with E-state index < -0.39 is 0 Å². The molecular weight excluding hydrogens is 438 g/mol. The molecule has 1 aliphatic carbocycles. The summed E-state index contributed by atoms with van der Waals surface area (Å²) in [7, 11) is 1.40. The Morgan fingerprint density at radius 2 is 1.89 bits per heavy atom. The lowest BCUT2D eigenvalue weighted by atomic mass is 10.1. The van der Waals surface area contributed by atoms with Gasteiger partial charge in [-0.3, -0.25) is 0 Å². The van der Waals surface area contributed by atoms with Gasteiger partial charge in [-0.2, -0.15) is 0 Å². The summed E-state index contributed by atoms with van der Waals surface area (Å²) in [6, 6.07) is 24.6. The lowest BCUT2D eigenvalue weighted by molar-refractivity contribution is 0.0601. The standard InChI is InChI=1S/C29H27N3O3/c1-34-29(33)21-11-13-25-24(16-21)31-28(32(25)23-9-5-6-10-23)20-12-14-26-22(15-20)17-27(35-26)30-18-19-7-3-2-4-8-19/h2-4,7-8,11-17,23,30H,5-6,9-10,18H2,1H3. The van der Waals surface area contributed by atoms with Crippen LogP contribution < -0.4 is 5.32 Å². The summed E-state index contributed by atoms with van der Waals surface area (Å²) in [5, 5.41) is 4.40. The van der Waals surface area contributed by atoms with Crippen molar-refractivity contribution in [3.63, 3.8) is 0 Å². The molecule has 35 heavy (non-hydrogen) atoms. The maximum Gasteiger partial charge on any atom is 0.337 e. The molecule has 0 radical (unpaired) electrons. The van der Waals surface area contributed by atoms with Crippen molar-refractivity contribution in [2.75, 3.05) is 12.4 Å². The fourth-order valence-electron chi connectivity index (χ4n) is 5.13. The van der Waals surface area contributed by atoms with Gasteiger partial charge in [0, 0.05) is 29.6 Å². The summed E-state index contributed by atoms with van der Waals surface area (Å²) in [4.78, 5) is 17.1. The SMILES string of the molecule is COC(=O)c1ccc2c(c1)nc(-c1ccc3oc(NCc4ccccc4)cc3c1)n2C1CCCC1. The van der Waals surface area contributed by atoms with Gasteiger partial charge in [-0.1, -0.05) is 43.2 Å². The molecule has 1 aliphatic rings. The number of aromatic nitrogens is 2. The summed E-state index contributed by atoms with van der Waals surface area (Å²) in [5.41, 5.74) is 5.45. The van der Waals surface area contributed by atoms with Gasteiger partial charge in [-0.15, -0.1) is 0 Å². The van der Waals surface area contributed by atoms with Gasteiger partial charge in [0.1, 0.15) is 11.4 Å². The number of esters is 1. The number of furan rings is 1. The van der Waals surface area contributed by atoms with Gasteiger partial charge >= 0.3 is 5.97 Å². The Bertz CT molecular complexity index is 1510. The summed E-state index contributed by atoms with van der Waals surface area (Å²) in [5.74, 6) is 1.32. The van der Waals surface area contributed by atoms with Gasteiger partial charge in [0.25, 0.3) is 0 Å². The first-order valence-electron chi connectivity index (χ1n) is 12.1. The van der Waals surface area contributed by atoms with E-state index in [1.807, 2.05) is 48.5 Å². The van der Waals surface area contributed by atoms with E-state index in [0.29, 0.717) is 18.2 Å². The largest absolute Gasteiger partial charge is 0.465 e. The third-order valence-corrected chi connectivity index (χ3v) is 6.88. The fourth-order valence-corrected chi connectivity index (χ4v) is 5.13. The molecule has 6 nitrogen and oxygen atoms in total. The van der Waals surface area contributed by atoms with Crippen molar-refractivity contribution in [1.82, 2.24) is 9.55 Å². The highest BCUT2D eigenvalue weighted by Crippen LogP contribution is 2.38. The van der Waals surface area contributed by atoms with Gasteiger partial charge in [0.15, 0.2) is 5.88 Å². The van der Waals surface area contributed by atoms with Crippen LogP contribution in [0.3, 0.4) is 0 Å². The van der Waals surface area contributed by atoms with Crippen molar-refractivity contribution < 1.29 is 13.9 Å². The summed E-state index contributed by atoms with van der Waals surface area (Å²) < 4.78 is 13.3. The lowest BCUT2D eigenvalue weighted by Gasteiger charge is -2.16. The van der Waals surface area contributed by atoms with Crippen LogP contribution in [0.5, 0.6) is 0 Å². The molecule has 0 amide bonds. The van der Waals surface area contributed by atoms with Gasteiger partial charge in [-0.05, 0) is 54.8 Å². The number of hydrogen-bond donors (Lipinski definition) is 1. The molecule has 6 rings (SSSR count). The highest BCUT2D eigenvalue weighted by molar-refractivity contribution is 5.95. The van der Waals surface area contributed by atoms with Crippen molar-refractivity contribution in [2.24, 2.45) is 0 Å². The first-order valence-corrected chi connectivity index (χ1v) is 12.1. The average Bonchev–Trinajstić information content (AvgIpc) is 3.64. The van der Waals surface area contributed by atoms with Crippen molar-refractivity contribution in [2.45, 2.75) is 38.3 Å². The van der Waals surface area contributed by atoms with Crippen LogP contribution in [-0.2, 0) is 11.3 Å². The molecule has 0 aliphatic heterocycles. The minimum atomic E-state index is -0.348. The molecule has 2 aromatic heterocycles. The smallest absolute Gasteiger partial charge is 0.337 e. The molecule has 0 spiro atoms. The number of carbonyl (C=O) groups is 1. The number of methoxy groups -OCH3 is 1. The van der Waals surface area contributed by atoms with Crippen molar-refractivity contribution in [1.29, 1.82) is 0 Å². The molecule has 1 saturated carbocycles. The number of nitrogens with zero attached hydrogens (tertiary/aromatic N) is 2. The molecule has 176 valence electrons. The zero-order valence-corrected chi connectivity index (χ0v) is 19.7. The van der Waals surface area contributed by atoms with Crippen LogP contribution in [0.15, 0.2) is 77.2 Å². The van der Waals surface area contributed by atoms with Gasteiger partial charge < -0.3 is 19.0 Å². The van der Waals surface area contributed by atoms with E-state index in [0.717, 1.165) is 52.1 Å². The van der Waals surface area contributed by atoms with E-state index in [9.17, 15) is 4.79 Å². The normalized spacial score (nSPS) is 14.1. The third-order valence-electron chi connectivity index (χ3n) is 6.88. The van der Waals surface area contributed by atoms with Crippen molar-refractivity contribution in [3.05, 3.63) is 83.9 Å². The van der Waals surface area contributed by atoms with Crippen molar-refractivity contribution in [3.8, 4) is 11.4 Å². The van der Waals surface area contributed by atoms with Crippen LogP contribution in [0.1, 0.15) is 47.6 Å². The minimum Gasteiger partial charge on any atom is -0.465 e. The second kappa shape index (κ2) is 8.95. The number of hydrogen-bond acceptors (Lipinski definition) is 5. The highest BCUT2D eigenvalue weighted by atomic mass is 16.5. The number of imidazole rings is 1. The predicted octanol–water partition coefficient (Wildman–Crippen LogP) is 6.96. The Balaban J connectivity index is 1.38. The van der Waals surface area contributed by atoms with E-state index in [1.165, 1.54) is 25.5 Å². The molecule has 0 atom stereocenters. The molecule has 1 fully saturated rings. The summed E-state index contributed by atoms with van der Waals surface area (Å²) in [6.07, 6.45) is 4.72. The van der Waals surface area contributed by atoms with E-state index >= 15 is 0 Å². The Hall–Kier alpha value is -4.06. The van der Waals surface area contributed by atoms with E-state index in [-0.39, 0.29) is 5.97 Å². The highest BCUT2D eigenvalue weighted by Gasteiger charge is 2.24. The molecular formula is C29H27N3O3. The summed E-state index contributed by atoms with van der Waals surface area (Å²) in [6.45, 7) is 0.702. The first-order chi connectivity index (χ1) is 17.2. The molecule has 0 bridgehead atoms. The molecule has 5 aromatic rings. The number of benzene rings is 3. The fraction of sp³-hybridized carbons (Fsp3) is 0.241. The van der Waals surface area contributed by atoms with E-state index in [4.69, 9.17) is 14.1 Å². The zero-order chi connectivity index (χ0) is 23.8. The van der Waals surface area contributed by atoms with Crippen LogP contribution in [-0.4, -0.2) is 22.6 Å². The molecule has 6 heteroatoms. The summed E-state index contributed by atoms with van der Waals surface area (Å²) >= 11 is 0. The van der Waals surface area contributed by atoms with Crippen molar-refractivity contribution >= 4 is 33.9 Å². The molecule has 0 saturated heterocycles. The molecule has 3 aromatic carbocycles. The third kappa shape index (κ3) is 4.05. The second-order valence-corrected chi connectivity index (χ2v) is 9.14. The quantitative estimate of drug-likeness (QED) is 0.274. The average molecular weight is 466 g/mol. The van der Waals surface area contributed by atoms with Gasteiger partial charge in [-0.25, -0.2) is 9.78 Å². The Kier molecular flexibility index (Phi) is 5.49. The van der Waals surface area contributed by atoms with Crippen LogP contribution >= 0.6 is 0 Å². The van der Waals surface area contributed by atoms with Gasteiger partial charge in [0.05, 0.1) is 23.7 Å². The van der Waals surface area contributed by atoms with Crippen LogP contribution in [0.25, 0.3) is 33.4 Å². The number of anilines is 1. The van der Waals surface area contributed by atoms with E-state index in [1.54, 1.807) is 0 Å².